The van der Waals surface area contributed by atoms with E-state index in [-0.39, 0.29) is 0 Å². The normalized spacial score (nSPS) is 19.6. The summed E-state index contributed by atoms with van der Waals surface area (Å²) < 4.78 is 5.17. The van der Waals surface area contributed by atoms with Crippen molar-refractivity contribution in [1.82, 2.24) is 4.90 Å². The SMILES string of the molecule is COc1ccc(CN2CCC(CCC(C)=O)C2)cc1. The summed E-state index contributed by atoms with van der Waals surface area (Å²) in [7, 11) is 1.69. The van der Waals surface area contributed by atoms with Crippen molar-refractivity contribution in [2.24, 2.45) is 5.92 Å². The molecule has 3 nitrogen and oxygen atoms in total. The number of carbonyl (C=O) groups excluding carboxylic acids is 1. The number of methoxy groups -OCH3 is 1. The molecule has 1 fully saturated rings. The van der Waals surface area contributed by atoms with Crippen LogP contribution in [0.25, 0.3) is 0 Å². The van der Waals surface area contributed by atoms with E-state index in [0.717, 1.165) is 38.2 Å². The van der Waals surface area contributed by atoms with Gasteiger partial charge in [0.2, 0.25) is 0 Å². The van der Waals surface area contributed by atoms with Gasteiger partial charge in [0.25, 0.3) is 0 Å². The van der Waals surface area contributed by atoms with Gasteiger partial charge in [-0.15, -0.1) is 0 Å². The maximum absolute atomic E-state index is 11.0. The van der Waals surface area contributed by atoms with E-state index < -0.39 is 0 Å². The highest BCUT2D eigenvalue weighted by Gasteiger charge is 2.22. The Bertz CT molecular complexity index is 413. The first-order valence-corrected chi connectivity index (χ1v) is 7.02. The summed E-state index contributed by atoms with van der Waals surface area (Å²) in [6, 6.07) is 8.28. The molecule has 2 rings (SSSR count). The summed E-state index contributed by atoms with van der Waals surface area (Å²) in [6.07, 6.45) is 3.01. The number of nitrogens with zero attached hydrogens (tertiary/aromatic N) is 1. The van der Waals surface area contributed by atoms with Crippen LogP contribution in [0.15, 0.2) is 24.3 Å². The molecule has 0 aliphatic carbocycles. The van der Waals surface area contributed by atoms with Gasteiger partial charge in [0, 0.05) is 19.5 Å². The van der Waals surface area contributed by atoms with Gasteiger partial charge in [-0.1, -0.05) is 12.1 Å². The number of likely N-dealkylation sites (tertiary alicyclic amines) is 1. The predicted molar refractivity (Wildman–Crippen MR) is 76.3 cm³/mol. The summed E-state index contributed by atoms with van der Waals surface area (Å²) in [5, 5.41) is 0. The molecule has 1 aromatic carbocycles. The Balaban J connectivity index is 1.79. The number of Topliss-reactive ketones (excluding diaryl/α,β-unsaturated/α-hetero) is 1. The van der Waals surface area contributed by atoms with Crippen LogP contribution in [0.1, 0.15) is 31.7 Å². The van der Waals surface area contributed by atoms with Gasteiger partial charge >= 0.3 is 0 Å². The topological polar surface area (TPSA) is 29.5 Å². The van der Waals surface area contributed by atoms with Crippen LogP contribution in [0.2, 0.25) is 0 Å². The molecule has 1 saturated heterocycles. The predicted octanol–water partition coefficient (Wildman–Crippen LogP) is 2.89. The summed E-state index contributed by atoms with van der Waals surface area (Å²) in [6.45, 7) is 4.96. The number of ketones is 1. The zero-order valence-electron chi connectivity index (χ0n) is 11.9. The summed E-state index contributed by atoms with van der Waals surface area (Å²) in [4.78, 5) is 13.5. The van der Waals surface area contributed by atoms with E-state index >= 15 is 0 Å². The van der Waals surface area contributed by atoms with Gasteiger partial charge < -0.3 is 9.53 Å². The monoisotopic (exact) mass is 261 g/mol. The molecule has 0 amide bonds. The first-order valence-electron chi connectivity index (χ1n) is 7.02. The van der Waals surface area contributed by atoms with Crippen molar-refractivity contribution in [1.29, 1.82) is 0 Å². The van der Waals surface area contributed by atoms with Gasteiger partial charge in [0.05, 0.1) is 7.11 Å². The van der Waals surface area contributed by atoms with Crippen molar-refractivity contribution in [3.8, 4) is 5.75 Å². The molecule has 1 aromatic rings. The van der Waals surface area contributed by atoms with E-state index in [0.29, 0.717) is 11.7 Å². The lowest BCUT2D eigenvalue weighted by Crippen LogP contribution is -2.20. The molecular formula is C16H23NO2. The second-order valence-electron chi connectivity index (χ2n) is 5.48. The van der Waals surface area contributed by atoms with Crippen molar-refractivity contribution >= 4 is 5.78 Å². The molecule has 1 aliphatic heterocycles. The standard InChI is InChI=1S/C16H23NO2/c1-13(18)3-4-15-9-10-17(12-15)11-14-5-7-16(19-2)8-6-14/h5-8,15H,3-4,9-12H2,1-2H3. The lowest BCUT2D eigenvalue weighted by Gasteiger charge is -2.16. The zero-order chi connectivity index (χ0) is 13.7. The molecule has 0 aromatic heterocycles. The Morgan fingerprint density at radius 3 is 2.74 bits per heavy atom. The van der Waals surface area contributed by atoms with E-state index in [1.54, 1.807) is 14.0 Å². The average Bonchev–Trinajstić information content (AvgIpc) is 2.85. The number of rotatable bonds is 6. The highest BCUT2D eigenvalue weighted by molar-refractivity contribution is 5.75. The fourth-order valence-corrected chi connectivity index (χ4v) is 2.69. The lowest BCUT2D eigenvalue weighted by atomic mass is 10.0. The Kier molecular flexibility index (Phi) is 4.97. The molecule has 104 valence electrons. The van der Waals surface area contributed by atoms with Crippen LogP contribution in [0.3, 0.4) is 0 Å². The fourth-order valence-electron chi connectivity index (χ4n) is 2.69. The van der Waals surface area contributed by atoms with Crippen LogP contribution in [0.4, 0.5) is 0 Å². The third kappa shape index (κ3) is 4.35. The van der Waals surface area contributed by atoms with E-state index in [2.05, 4.69) is 17.0 Å². The quantitative estimate of drug-likeness (QED) is 0.788. The molecule has 1 unspecified atom stereocenters. The molecule has 0 radical (unpaired) electrons. The second-order valence-corrected chi connectivity index (χ2v) is 5.48. The van der Waals surface area contributed by atoms with Crippen LogP contribution in [-0.4, -0.2) is 30.9 Å². The first kappa shape index (κ1) is 14.1. The molecule has 1 aliphatic rings. The number of hydrogen-bond donors (Lipinski definition) is 0. The third-order valence-corrected chi connectivity index (χ3v) is 3.84. The molecule has 1 atom stereocenters. The molecular weight excluding hydrogens is 238 g/mol. The number of hydrogen-bond acceptors (Lipinski definition) is 3. The highest BCUT2D eigenvalue weighted by atomic mass is 16.5. The summed E-state index contributed by atoms with van der Waals surface area (Å²) in [5.41, 5.74) is 1.33. The van der Waals surface area contributed by atoms with Gasteiger partial charge in [-0.05, 0) is 49.9 Å². The Labute approximate surface area is 115 Å². The highest BCUT2D eigenvalue weighted by Crippen LogP contribution is 2.23. The van der Waals surface area contributed by atoms with Crippen LogP contribution < -0.4 is 4.74 Å². The number of ether oxygens (including phenoxy) is 1. The minimum Gasteiger partial charge on any atom is -0.497 e. The van der Waals surface area contributed by atoms with Crippen molar-refractivity contribution in [3.05, 3.63) is 29.8 Å². The first-order chi connectivity index (χ1) is 9.17. The van der Waals surface area contributed by atoms with E-state index in [4.69, 9.17) is 4.74 Å². The van der Waals surface area contributed by atoms with Crippen molar-refractivity contribution < 1.29 is 9.53 Å². The van der Waals surface area contributed by atoms with Crippen LogP contribution in [0, 0.1) is 5.92 Å². The fraction of sp³-hybridized carbons (Fsp3) is 0.562. The Hall–Kier alpha value is -1.35. The van der Waals surface area contributed by atoms with E-state index in [9.17, 15) is 4.79 Å². The van der Waals surface area contributed by atoms with Crippen LogP contribution in [0.5, 0.6) is 5.75 Å². The van der Waals surface area contributed by atoms with Crippen LogP contribution >= 0.6 is 0 Å². The molecule has 0 N–H and O–H groups in total. The van der Waals surface area contributed by atoms with Gasteiger partial charge in [-0.25, -0.2) is 0 Å². The maximum atomic E-state index is 11.0. The van der Waals surface area contributed by atoms with Gasteiger partial charge in [0.1, 0.15) is 11.5 Å². The molecule has 3 heteroatoms. The third-order valence-electron chi connectivity index (χ3n) is 3.84. The Morgan fingerprint density at radius 2 is 2.11 bits per heavy atom. The van der Waals surface area contributed by atoms with Gasteiger partial charge in [-0.2, -0.15) is 0 Å². The summed E-state index contributed by atoms with van der Waals surface area (Å²) in [5.74, 6) is 1.92. The average molecular weight is 261 g/mol. The molecule has 1 heterocycles. The summed E-state index contributed by atoms with van der Waals surface area (Å²) >= 11 is 0. The molecule has 0 bridgehead atoms. The maximum Gasteiger partial charge on any atom is 0.129 e. The largest absolute Gasteiger partial charge is 0.497 e. The number of carbonyl (C=O) groups is 1. The second kappa shape index (κ2) is 6.71. The van der Waals surface area contributed by atoms with E-state index in [1.807, 2.05) is 12.1 Å². The smallest absolute Gasteiger partial charge is 0.129 e. The van der Waals surface area contributed by atoms with Crippen LogP contribution in [-0.2, 0) is 11.3 Å². The van der Waals surface area contributed by atoms with E-state index in [1.165, 1.54) is 12.0 Å². The van der Waals surface area contributed by atoms with Gasteiger partial charge in [0.15, 0.2) is 0 Å². The van der Waals surface area contributed by atoms with Crippen molar-refractivity contribution in [3.63, 3.8) is 0 Å². The molecule has 19 heavy (non-hydrogen) atoms. The number of benzene rings is 1. The zero-order valence-corrected chi connectivity index (χ0v) is 11.9. The Morgan fingerprint density at radius 1 is 1.37 bits per heavy atom. The minimum absolute atomic E-state index is 0.314. The van der Waals surface area contributed by atoms with Crippen molar-refractivity contribution in [2.75, 3.05) is 20.2 Å². The molecule has 0 spiro atoms. The lowest BCUT2D eigenvalue weighted by molar-refractivity contribution is -0.117. The molecule has 0 saturated carbocycles. The van der Waals surface area contributed by atoms with Crippen molar-refractivity contribution in [2.45, 2.75) is 32.7 Å². The minimum atomic E-state index is 0.314. The van der Waals surface area contributed by atoms with Gasteiger partial charge in [-0.3, -0.25) is 4.90 Å².